The average Bonchev–Trinajstić information content (AvgIpc) is 2.89. The fraction of sp³-hybridized carbons (Fsp3) is 0.467. The summed E-state index contributed by atoms with van der Waals surface area (Å²) in [5.74, 6) is 1.57. The van der Waals surface area contributed by atoms with E-state index >= 15 is 0 Å². The maximum atomic E-state index is 12.2. The summed E-state index contributed by atoms with van der Waals surface area (Å²) in [6, 6.07) is 3.45. The third-order valence-electron chi connectivity index (χ3n) is 8.45. The Morgan fingerprint density at radius 1 is 1.10 bits per heavy atom. The monoisotopic (exact) mass is 533 g/mol. The van der Waals surface area contributed by atoms with Crippen LogP contribution in [0, 0.1) is 25.2 Å². The van der Waals surface area contributed by atoms with Crippen LogP contribution in [0.1, 0.15) is 65.7 Å². The molecule has 0 radical (unpaired) electrons. The summed E-state index contributed by atoms with van der Waals surface area (Å²) in [6.07, 6.45) is 3.25. The van der Waals surface area contributed by atoms with Crippen LogP contribution >= 0.6 is 0 Å². The van der Waals surface area contributed by atoms with E-state index in [1.54, 1.807) is 21.3 Å². The Labute approximate surface area is 229 Å². The summed E-state index contributed by atoms with van der Waals surface area (Å²) >= 11 is 0. The topological polar surface area (TPSA) is 104 Å². The number of likely N-dealkylation sites (N-methyl/N-ethyl adjacent to an activating group) is 1. The van der Waals surface area contributed by atoms with E-state index in [-0.39, 0.29) is 23.9 Å². The van der Waals surface area contributed by atoms with Gasteiger partial charge in [0, 0.05) is 40.9 Å². The first-order valence-electron chi connectivity index (χ1n) is 13.1. The number of aromatic hydroxyl groups is 1. The number of carbonyl (C=O) groups excluding carboxylic acids is 1. The van der Waals surface area contributed by atoms with Gasteiger partial charge in [0.15, 0.2) is 23.0 Å². The van der Waals surface area contributed by atoms with Gasteiger partial charge < -0.3 is 29.0 Å². The Balaban J connectivity index is 1.89. The zero-order valence-corrected chi connectivity index (χ0v) is 23.7. The van der Waals surface area contributed by atoms with Crippen molar-refractivity contribution in [1.29, 1.82) is 5.26 Å². The normalized spacial score (nSPS) is 23.1. The maximum Gasteiger partial charge on any atom is 0.308 e. The van der Waals surface area contributed by atoms with Crippen LogP contribution in [0.5, 0.6) is 28.7 Å². The zero-order chi connectivity index (χ0) is 28.3. The van der Waals surface area contributed by atoms with Crippen molar-refractivity contribution in [3.63, 3.8) is 0 Å². The number of hydrogen-bond donors (Lipinski definition) is 1. The predicted molar refractivity (Wildman–Crippen MR) is 145 cm³/mol. The first-order valence-corrected chi connectivity index (χ1v) is 13.1. The molecule has 2 aromatic rings. The number of rotatable bonds is 5. The number of ether oxygens (including phenoxy) is 4. The van der Waals surface area contributed by atoms with Gasteiger partial charge in [0.25, 0.3) is 0 Å². The molecule has 5 rings (SSSR count). The lowest BCUT2D eigenvalue weighted by molar-refractivity contribution is -0.131. The van der Waals surface area contributed by atoms with E-state index in [0.29, 0.717) is 47.0 Å². The molecule has 3 aliphatic rings. The number of fused-ring (bicyclic) bond motifs is 7. The standard InChI is InChI=1S/C30H35N3O6/c1-9-19-24-18(28(39-16(4)34)15(3)29(37-7)30(24)38-8)12-21-25-23-17(10-14(2)27(36-6)26(23)35)11-20(32(25)5)22(13-31)33(19)21/h10,12,19-20,22,25,35H,9,11H2,1-8H3/t19-,20-,22-,25+/m0/s1. The van der Waals surface area contributed by atoms with Gasteiger partial charge in [-0.1, -0.05) is 13.0 Å². The molecule has 4 atom stereocenters. The molecule has 9 nitrogen and oxygen atoms in total. The minimum atomic E-state index is -0.470. The van der Waals surface area contributed by atoms with Crippen molar-refractivity contribution < 1.29 is 28.8 Å². The highest BCUT2D eigenvalue weighted by atomic mass is 16.5. The second-order valence-electron chi connectivity index (χ2n) is 10.4. The van der Waals surface area contributed by atoms with Crippen molar-refractivity contribution in [2.75, 3.05) is 28.4 Å². The van der Waals surface area contributed by atoms with Gasteiger partial charge in [0.2, 0.25) is 0 Å². The molecule has 2 aromatic carbocycles. The van der Waals surface area contributed by atoms with Crippen molar-refractivity contribution in [3.8, 4) is 34.8 Å². The second kappa shape index (κ2) is 9.69. The molecule has 1 fully saturated rings. The molecular weight excluding hydrogens is 498 g/mol. The highest BCUT2D eigenvalue weighted by Gasteiger charge is 2.53. The lowest BCUT2D eigenvalue weighted by Crippen LogP contribution is -2.61. The van der Waals surface area contributed by atoms with Crippen LogP contribution in [-0.2, 0) is 11.2 Å². The van der Waals surface area contributed by atoms with Crippen LogP contribution in [0.3, 0.4) is 0 Å². The van der Waals surface area contributed by atoms with Crippen LogP contribution < -0.4 is 18.9 Å². The van der Waals surface area contributed by atoms with Gasteiger partial charge in [-0.15, -0.1) is 0 Å². The van der Waals surface area contributed by atoms with Crippen LogP contribution in [0.15, 0.2) is 11.8 Å². The summed E-state index contributed by atoms with van der Waals surface area (Å²) in [7, 11) is 6.71. The van der Waals surface area contributed by atoms with Gasteiger partial charge in [0.1, 0.15) is 11.8 Å². The first-order chi connectivity index (χ1) is 18.6. The third kappa shape index (κ3) is 3.65. The third-order valence-corrected chi connectivity index (χ3v) is 8.45. The average molecular weight is 534 g/mol. The smallest absolute Gasteiger partial charge is 0.308 e. The lowest BCUT2D eigenvalue weighted by Gasteiger charge is -2.57. The zero-order valence-electron chi connectivity index (χ0n) is 23.7. The van der Waals surface area contributed by atoms with E-state index in [1.165, 1.54) is 6.92 Å². The molecule has 3 heterocycles. The van der Waals surface area contributed by atoms with Crippen LogP contribution in [0.2, 0.25) is 0 Å². The number of carbonyl (C=O) groups is 1. The van der Waals surface area contributed by atoms with E-state index in [9.17, 15) is 15.2 Å². The van der Waals surface area contributed by atoms with Gasteiger partial charge in [-0.3, -0.25) is 9.69 Å². The Bertz CT molecular complexity index is 1440. The molecule has 0 aromatic heterocycles. The predicted octanol–water partition coefficient (Wildman–Crippen LogP) is 4.57. The van der Waals surface area contributed by atoms with Crippen molar-refractivity contribution >= 4 is 12.0 Å². The second-order valence-corrected chi connectivity index (χ2v) is 10.4. The van der Waals surface area contributed by atoms with Gasteiger partial charge in [-0.2, -0.15) is 5.26 Å². The number of phenols is 1. The highest BCUT2D eigenvalue weighted by molar-refractivity contribution is 5.80. The largest absolute Gasteiger partial charge is 0.504 e. The lowest BCUT2D eigenvalue weighted by atomic mass is 9.75. The molecule has 0 amide bonds. The molecule has 0 unspecified atom stereocenters. The molecule has 3 aliphatic heterocycles. The van der Waals surface area contributed by atoms with Crippen molar-refractivity contribution in [2.45, 2.75) is 64.7 Å². The number of benzene rings is 2. The van der Waals surface area contributed by atoms with E-state index in [2.05, 4.69) is 28.9 Å². The molecule has 0 aliphatic carbocycles. The van der Waals surface area contributed by atoms with Gasteiger partial charge in [-0.05, 0) is 50.9 Å². The van der Waals surface area contributed by atoms with Crippen LogP contribution in [-0.4, -0.2) is 61.3 Å². The molecule has 206 valence electrons. The van der Waals surface area contributed by atoms with E-state index < -0.39 is 12.0 Å². The summed E-state index contributed by atoms with van der Waals surface area (Å²) < 4.78 is 23.1. The molecule has 39 heavy (non-hydrogen) atoms. The van der Waals surface area contributed by atoms with Gasteiger partial charge >= 0.3 is 5.97 Å². The molecule has 0 spiro atoms. The van der Waals surface area contributed by atoms with Gasteiger partial charge in [0.05, 0.1) is 39.5 Å². The molecule has 2 bridgehead atoms. The van der Waals surface area contributed by atoms with E-state index in [4.69, 9.17) is 18.9 Å². The van der Waals surface area contributed by atoms with Crippen LogP contribution in [0.25, 0.3) is 6.08 Å². The summed E-state index contributed by atoms with van der Waals surface area (Å²) in [4.78, 5) is 16.6. The summed E-state index contributed by atoms with van der Waals surface area (Å²) in [5, 5.41) is 22.0. The Hall–Kier alpha value is -3.90. The number of aryl methyl sites for hydroxylation is 1. The number of esters is 1. The minimum Gasteiger partial charge on any atom is -0.504 e. The fourth-order valence-electron chi connectivity index (χ4n) is 6.94. The quantitative estimate of drug-likeness (QED) is 0.437. The maximum absolute atomic E-state index is 12.2. The molecule has 9 heteroatoms. The first kappa shape index (κ1) is 26.7. The Morgan fingerprint density at radius 3 is 2.33 bits per heavy atom. The Morgan fingerprint density at radius 2 is 1.77 bits per heavy atom. The highest BCUT2D eigenvalue weighted by Crippen LogP contribution is 2.58. The van der Waals surface area contributed by atoms with E-state index in [1.807, 2.05) is 27.0 Å². The van der Waals surface area contributed by atoms with Crippen molar-refractivity contribution in [3.05, 3.63) is 45.1 Å². The Kier molecular flexibility index (Phi) is 6.63. The number of phenolic OH excluding ortho intramolecular Hbond substituents is 1. The molecule has 1 saturated heterocycles. The minimum absolute atomic E-state index is 0.112. The molecule has 1 N–H and O–H groups in total. The molecule has 0 saturated carbocycles. The number of piperazine rings is 1. The fourth-order valence-corrected chi connectivity index (χ4v) is 6.94. The number of hydrogen-bond acceptors (Lipinski definition) is 9. The van der Waals surface area contributed by atoms with Gasteiger partial charge in [-0.25, -0.2) is 0 Å². The molecular formula is C30H35N3O6. The van der Waals surface area contributed by atoms with Crippen LogP contribution in [0.4, 0.5) is 0 Å². The summed E-state index contributed by atoms with van der Waals surface area (Å²) in [6.45, 7) is 7.19. The SMILES string of the molecule is CC[C@H]1c2c(c(OC(C)=O)c(C)c(OC)c2OC)C=C2[C@@H]3c4c(cc(C)c(OC)c4O)C[C@@H]([C@H](C#N)N21)N3C. The van der Waals surface area contributed by atoms with Crippen molar-refractivity contribution in [2.24, 2.45) is 0 Å². The number of nitrogens with zero attached hydrogens (tertiary/aromatic N) is 3. The van der Waals surface area contributed by atoms with E-state index in [0.717, 1.165) is 28.0 Å². The van der Waals surface area contributed by atoms with Crippen molar-refractivity contribution in [1.82, 2.24) is 9.80 Å². The number of nitriles is 1. The number of methoxy groups -OCH3 is 3. The summed E-state index contributed by atoms with van der Waals surface area (Å²) in [5.41, 5.74) is 5.65.